The van der Waals surface area contributed by atoms with Crippen molar-refractivity contribution in [2.24, 2.45) is 28.6 Å². The third kappa shape index (κ3) is 1.85. The molecule has 22 heavy (non-hydrogen) atoms. The smallest absolute Gasteiger partial charge is 0.0757 e. The number of aliphatic hydroxyl groups excluding tert-OH is 3. The molecule has 0 bridgehead atoms. The summed E-state index contributed by atoms with van der Waals surface area (Å²) in [5.74, 6) is 1.25. The predicted molar refractivity (Wildman–Crippen MR) is 85.1 cm³/mol. The molecule has 3 N–H and O–H groups in total. The van der Waals surface area contributed by atoms with Gasteiger partial charge in [-0.3, -0.25) is 0 Å². The lowest BCUT2D eigenvalue weighted by Gasteiger charge is -2.58. The highest BCUT2D eigenvalue weighted by molar-refractivity contribution is 5.27. The minimum atomic E-state index is -0.395. The summed E-state index contributed by atoms with van der Waals surface area (Å²) < 4.78 is 0. The minimum absolute atomic E-state index is 0.00195. The molecule has 4 rings (SSSR count). The molecule has 8 atom stereocenters. The van der Waals surface area contributed by atoms with E-state index in [0.717, 1.165) is 44.9 Å². The second kappa shape index (κ2) is 4.81. The Hall–Kier alpha value is -0.380. The van der Waals surface area contributed by atoms with E-state index < -0.39 is 6.10 Å². The van der Waals surface area contributed by atoms with Crippen LogP contribution in [0.25, 0.3) is 0 Å². The molecule has 0 aliphatic heterocycles. The van der Waals surface area contributed by atoms with Crippen LogP contribution in [0.3, 0.4) is 0 Å². The third-order valence-corrected chi connectivity index (χ3v) is 8.05. The van der Waals surface area contributed by atoms with Crippen molar-refractivity contribution >= 4 is 0 Å². The molecule has 3 nitrogen and oxygen atoms in total. The van der Waals surface area contributed by atoms with E-state index in [1.54, 1.807) is 0 Å². The molecule has 3 heteroatoms. The van der Waals surface area contributed by atoms with E-state index in [1.165, 1.54) is 5.57 Å². The van der Waals surface area contributed by atoms with Gasteiger partial charge in [0.15, 0.2) is 0 Å². The Balaban J connectivity index is 1.73. The van der Waals surface area contributed by atoms with Gasteiger partial charge in [-0.2, -0.15) is 0 Å². The maximum Gasteiger partial charge on any atom is 0.0757 e. The fraction of sp³-hybridized carbons (Fsp3) is 0.895. The van der Waals surface area contributed by atoms with Crippen molar-refractivity contribution in [3.63, 3.8) is 0 Å². The van der Waals surface area contributed by atoms with Gasteiger partial charge in [0.25, 0.3) is 0 Å². The maximum atomic E-state index is 10.9. The summed E-state index contributed by atoms with van der Waals surface area (Å²) in [6.07, 6.45) is 8.05. The van der Waals surface area contributed by atoms with E-state index in [-0.39, 0.29) is 23.0 Å². The molecular weight excluding hydrogens is 276 g/mol. The molecule has 124 valence electrons. The lowest BCUT2D eigenvalue weighted by molar-refractivity contribution is -0.105. The van der Waals surface area contributed by atoms with Gasteiger partial charge in [-0.05, 0) is 73.5 Å². The Bertz CT molecular complexity index is 501. The van der Waals surface area contributed by atoms with E-state index in [2.05, 4.69) is 19.9 Å². The zero-order valence-corrected chi connectivity index (χ0v) is 13.8. The van der Waals surface area contributed by atoms with E-state index in [9.17, 15) is 15.3 Å². The number of aliphatic hydroxyl groups is 3. The third-order valence-electron chi connectivity index (χ3n) is 8.05. The monoisotopic (exact) mass is 306 g/mol. The fourth-order valence-corrected chi connectivity index (χ4v) is 6.60. The number of fused-ring (bicyclic) bond motifs is 5. The van der Waals surface area contributed by atoms with Gasteiger partial charge in [0.05, 0.1) is 18.3 Å². The van der Waals surface area contributed by atoms with Crippen molar-refractivity contribution in [1.82, 2.24) is 0 Å². The summed E-state index contributed by atoms with van der Waals surface area (Å²) in [4.78, 5) is 0. The Kier molecular flexibility index (Phi) is 3.32. The Morgan fingerprint density at radius 2 is 1.73 bits per heavy atom. The molecule has 0 aromatic rings. The van der Waals surface area contributed by atoms with Crippen molar-refractivity contribution in [3.8, 4) is 0 Å². The van der Waals surface area contributed by atoms with Crippen LogP contribution in [0.2, 0.25) is 0 Å². The van der Waals surface area contributed by atoms with Crippen LogP contribution in [0.5, 0.6) is 0 Å². The van der Waals surface area contributed by atoms with Crippen molar-refractivity contribution in [2.75, 3.05) is 0 Å². The number of hydrogen-bond acceptors (Lipinski definition) is 3. The van der Waals surface area contributed by atoms with Gasteiger partial charge >= 0.3 is 0 Å². The Morgan fingerprint density at radius 3 is 2.50 bits per heavy atom. The lowest BCUT2D eigenvalue weighted by Crippen LogP contribution is -2.55. The van der Waals surface area contributed by atoms with Crippen LogP contribution >= 0.6 is 0 Å². The molecule has 4 aliphatic rings. The van der Waals surface area contributed by atoms with Gasteiger partial charge in [-0.15, -0.1) is 0 Å². The van der Waals surface area contributed by atoms with Crippen molar-refractivity contribution in [3.05, 3.63) is 11.6 Å². The first-order chi connectivity index (χ1) is 10.4. The van der Waals surface area contributed by atoms with E-state index in [1.807, 2.05) is 0 Å². The van der Waals surface area contributed by atoms with Crippen molar-refractivity contribution < 1.29 is 15.3 Å². The second-order valence-electron chi connectivity index (χ2n) is 8.92. The minimum Gasteiger partial charge on any atom is -0.393 e. The van der Waals surface area contributed by atoms with Gasteiger partial charge in [0, 0.05) is 0 Å². The topological polar surface area (TPSA) is 60.7 Å². The van der Waals surface area contributed by atoms with E-state index >= 15 is 0 Å². The molecule has 3 saturated carbocycles. The quantitative estimate of drug-likeness (QED) is 0.603. The van der Waals surface area contributed by atoms with Crippen LogP contribution < -0.4 is 0 Å². The standard InChI is InChI=1S/C19H30O3/c1-18-7-5-12(20)9-11(18)10-15(21)17-13-3-4-16(22)19(13,2)8-6-14(17)18/h10,12-17,20-22H,3-9H2,1-2H3/t12-,13-,14-,15-,16-,17-,18+,19-/m0/s1. The number of hydrogen-bond donors (Lipinski definition) is 3. The highest BCUT2D eigenvalue weighted by Crippen LogP contribution is 2.64. The largest absolute Gasteiger partial charge is 0.393 e. The van der Waals surface area contributed by atoms with Crippen molar-refractivity contribution in [2.45, 2.75) is 77.1 Å². The van der Waals surface area contributed by atoms with Gasteiger partial charge in [0.1, 0.15) is 0 Å². The normalized spacial score (nSPS) is 57.6. The molecule has 0 saturated heterocycles. The maximum absolute atomic E-state index is 10.9. The van der Waals surface area contributed by atoms with Crippen LogP contribution in [0.15, 0.2) is 11.6 Å². The van der Waals surface area contributed by atoms with Crippen LogP contribution in [-0.2, 0) is 0 Å². The second-order valence-corrected chi connectivity index (χ2v) is 8.92. The summed E-state index contributed by atoms with van der Waals surface area (Å²) in [5, 5.41) is 31.3. The van der Waals surface area contributed by atoms with Gasteiger partial charge in [-0.1, -0.05) is 25.5 Å². The van der Waals surface area contributed by atoms with E-state index in [4.69, 9.17) is 0 Å². The molecule has 4 aliphatic carbocycles. The zero-order chi connectivity index (χ0) is 15.7. The van der Waals surface area contributed by atoms with Crippen LogP contribution in [0.1, 0.15) is 58.8 Å². The molecule has 0 unspecified atom stereocenters. The summed E-state index contributed by atoms with van der Waals surface area (Å²) in [6.45, 7) is 4.60. The molecule has 0 amide bonds. The average Bonchev–Trinajstić information content (AvgIpc) is 2.77. The molecule has 0 aromatic heterocycles. The van der Waals surface area contributed by atoms with Crippen LogP contribution in [0.4, 0.5) is 0 Å². The Morgan fingerprint density at radius 1 is 0.955 bits per heavy atom. The predicted octanol–water partition coefficient (Wildman–Crippen LogP) is 2.64. The SMILES string of the molecule is C[C@]12CC[C@H]3[C@@H]([C@@H](O)C=C4C[C@@H](O)CC[C@]43C)[C@@H]1CC[C@@H]2O. The van der Waals surface area contributed by atoms with Gasteiger partial charge < -0.3 is 15.3 Å². The molecule has 0 aromatic carbocycles. The molecule has 0 spiro atoms. The lowest BCUT2D eigenvalue weighted by atomic mass is 9.47. The highest BCUT2D eigenvalue weighted by atomic mass is 16.3. The summed E-state index contributed by atoms with van der Waals surface area (Å²) >= 11 is 0. The summed E-state index contributed by atoms with van der Waals surface area (Å²) in [7, 11) is 0. The molecular formula is C19H30O3. The first-order valence-corrected chi connectivity index (χ1v) is 9.11. The van der Waals surface area contributed by atoms with Gasteiger partial charge in [0.2, 0.25) is 0 Å². The number of rotatable bonds is 0. The van der Waals surface area contributed by atoms with Crippen molar-refractivity contribution in [1.29, 1.82) is 0 Å². The molecule has 3 fully saturated rings. The molecule has 0 radical (unpaired) electrons. The zero-order valence-electron chi connectivity index (χ0n) is 13.8. The van der Waals surface area contributed by atoms with Crippen LogP contribution in [-0.4, -0.2) is 33.6 Å². The summed E-state index contributed by atoms with van der Waals surface area (Å²) in [6, 6.07) is 0. The first-order valence-electron chi connectivity index (χ1n) is 9.11. The fourth-order valence-electron chi connectivity index (χ4n) is 6.60. The first kappa shape index (κ1) is 15.2. The molecule has 0 heterocycles. The van der Waals surface area contributed by atoms with E-state index in [0.29, 0.717) is 17.8 Å². The van der Waals surface area contributed by atoms with Crippen LogP contribution in [0, 0.1) is 28.6 Å². The average molecular weight is 306 g/mol. The summed E-state index contributed by atoms with van der Waals surface area (Å²) in [5.41, 5.74) is 1.44. The van der Waals surface area contributed by atoms with Gasteiger partial charge in [-0.25, -0.2) is 0 Å². The Labute approximate surface area is 133 Å². The highest BCUT2D eigenvalue weighted by Gasteiger charge is 2.60.